The third-order valence-electron chi connectivity index (χ3n) is 2.27. The highest BCUT2D eigenvalue weighted by Crippen LogP contribution is 2.23. The van der Waals surface area contributed by atoms with Crippen LogP contribution in [0, 0.1) is 6.92 Å². The summed E-state index contributed by atoms with van der Waals surface area (Å²) in [6.45, 7) is 2.93. The van der Waals surface area contributed by atoms with Gasteiger partial charge in [-0.1, -0.05) is 6.07 Å². The zero-order valence-electron chi connectivity index (χ0n) is 9.53. The molecule has 1 N–H and O–H groups in total. The van der Waals surface area contributed by atoms with Gasteiger partial charge in [0.15, 0.2) is 0 Å². The van der Waals surface area contributed by atoms with Crippen molar-refractivity contribution in [2.75, 3.05) is 13.6 Å². The third kappa shape index (κ3) is 2.65. The standard InChI is InChI=1S/C12H15N3S/c1-9-8-10(11-4-3-7-16-11)15-12(14-9)5-6-13-2/h3-4,7-8,13H,5-6H2,1-2H3. The first-order valence-electron chi connectivity index (χ1n) is 5.32. The molecule has 4 heteroatoms. The summed E-state index contributed by atoms with van der Waals surface area (Å²) in [6.07, 6.45) is 0.872. The van der Waals surface area contributed by atoms with Gasteiger partial charge in [0.05, 0.1) is 10.6 Å². The molecule has 0 saturated carbocycles. The monoisotopic (exact) mass is 233 g/mol. The minimum atomic E-state index is 0.872. The zero-order chi connectivity index (χ0) is 11.4. The van der Waals surface area contributed by atoms with Crippen LogP contribution in [0.1, 0.15) is 11.5 Å². The molecular formula is C12H15N3S. The summed E-state index contributed by atoms with van der Waals surface area (Å²) < 4.78 is 0. The van der Waals surface area contributed by atoms with Crippen molar-refractivity contribution in [1.82, 2.24) is 15.3 Å². The minimum Gasteiger partial charge on any atom is -0.319 e. The van der Waals surface area contributed by atoms with Crippen molar-refractivity contribution in [2.45, 2.75) is 13.3 Å². The molecule has 0 saturated heterocycles. The Bertz CT molecular complexity index is 451. The molecule has 84 valence electrons. The van der Waals surface area contributed by atoms with Crippen LogP contribution in [0.4, 0.5) is 0 Å². The number of likely N-dealkylation sites (N-methyl/N-ethyl adjacent to an activating group) is 1. The molecule has 0 radical (unpaired) electrons. The minimum absolute atomic E-state index is 0.872. The van der Waals surface area contributed by atoms with E-state index in [-0.39, 0.29) is 0 Å². The lowest BCUT2D eigenvalue weighted by atomic mass is 10.2. The summed E-state index contributed by atoms with van der Waals surface area (Å²) >= 11 is 1.71. The number of rotatable bonds is 4. The average Bonchev–Trinajstić information content (AvgIpc) is 2.79. The van der Waals surface area contributed by atoms with Gasteiger partial charge in [-0.15, -0.1) is 11.3 Å². The summed E-state index contributed by atoms with van der Waals surface area (Å²) in [7, 11) is 1.94. The van der Waals surface area contributed by atoms with E-state index < -0.39 is 0 Å². The Morgan fingerprint density at radius 3 is 2.94 bits per heavy atom. The van der Waals surface area contributed by atoms with Crippen molar-refractivity contribution < 1.29 is 0 Å². The number of hydrogen-bond donors (Lipinski definition) is 1. The van der Waals surface area contributed by atoms with Gasteiger partial charge in [0.1, 0.15) is 5.82 Å². The van der Waals surface area contributed by atoms with Crippen molar-refractivity contribution in [1.29, 1.82) is 0 Å². The number of nitrogens with zero attached hydrogens (tertiary/aromatic N) is 2. The quantitative estimate of drug-likeness (QED) is 0.880. The lowest BCUT2D eigenvalue weighted by molar-refractivity contribution is 0.753. The smallest absolute Gasteiger partial charge is 0.130 e. The Morgan fingerprint density at radius 2 is 2.25 bits per heavy atom. The molecule has 0 aliphatic carbocycles. The Labute approximate surface area is 99.6 Å². The van der Waals surface area contributed by atoms with Gasteiger partial charge in [-0.2, -0.15) is 0 Å². The lowest BCUT2D eigenvalue weighted by Crippen LogP contribution is -2.12. The largest absolute Gasteiger partial charge is 0.319 e. The number of hydrogen-bond acceptors (Lipinski definition) is 4. The van der Waals surface area contributed by atoms with Gasteiger partial charge >= 0.3 is 0 Å². The van der Waals surface area contributed by atoms with E-state index in [4.69, 9.17) is 0 Å². The van der Waals surface area contributed by atoms with Gasteiger partial charge in [-0.3, -0.25) is 0 Å². The van der Waals surface area contributed by atoms with E-state index in [0.717, 1.165) is 30.2 Å². The number of aryl methyl sites for hydroxylation is 1. The van der Waals surface area contributed by atoms with Crippen molar-refractivity contribution in [3.63, 3.8) is 0 Å². The van der Waals surface area contributed by atoms with Gasteiger partial charge in [0, 0.05) is 18.7 Å². The van der Waals surface area contributed by atoms with Gasteiger partial charge in [-0.25, -0.2) is 9.97 Å². The Morgan fingerprint density at radius 1 is 1.38 bits per heavy atom. The van der Waals surface area contributed by atoms with Crippen LogP contribution in [0.2, 0.25) is 0 Å². The van der Waals surface area contributed by atoms with Crippen LogP contribution in [0.25, 0.3) is 10.6 Å². The fraction of sp³-hybridized carbons (Fsp3) is 0.333. The number of aromatic nitrogens is 2. The van der Waals surface area contributed by atoms with Gasteiger partial charge in [-0.05, 0) is 31.5 Å². The molecule has 2 aromatic heterocycles. The summed E-state index contributed by atoms with van der Waals surface area (Å²) in [5.41, 5.74) is 2.07. The second-order valence-electron chi connectivity index (χ2n) is 3.64. The van der Waals surface area contributed by atoms with E-state index in [1.54, 1.807) is 11.3 Å². The van der Waals surface area contributed by atoms with Crippen LogP contribution in [-0.2, 0) is 6.42 Å². The Balaban J connectivity index is 2.29. The molecule has 0 bridgehead atoms. The average molecular weight is 233 g/mol. The molecule has 3 nitrogen and oxygen atoms in total. The van der Waals surface area contributed by atoms with E-state index in [9.17, 15) is 0 Å². The second-order valence-corrected chi connectivity index (χ2v) is 4.59. The van der Waals surface area contributed by atoms with Gasteiger partial charge in [0.2, 0.25) is 0 Å². The molecule has 0 aliphatic rings. The summed E-state index contributed by atoms with van der Waals surface area (Å²) in [6, 6.07) is 6.17. The van der Waals surface area contributed by atoms with Crippen molar-refractivity contribution in [3.8, 4) is 10.6 Å². The maximum atomic E-state index is 4.57. The van der Waals surface area contributed by atoms with E-state index in [2.05, 4.69) is 26.7 Å². The lowest BCUT2D eigenvalue weighted by Gasteiger charge is -2.04. The highest BCUT2D eigenvalue weighted by atomic mass is 32.1. The van der Waals surface area contributed by atoms with E-state index in [0.29, 0.717) is 0 Å². The zero-order valence-corrected chi connectivity index (χ0v) is 10.3. The fourth-order valence-corrected chi connectivity index (χ4v) is 2.22. The topological polar surface area (TPSA) is 37.8 Å². The highest BCUT2D eigenvalue weighted by Gasteiger charge is 2.04. The molecule has 0 aromatic carbocycles. The van der Waals surface area contributed by atoms with Gasteiger partial charge in [0.25, 0.3) is 0 Å². The summed E-state index contributed by atoms with van der Waals surface area (Å²) in [5.74, 6) is 0.915. The predicted octanol–water partition coefficient (Wildman–Crippen LogP) is 2.28. The number of thiophene rings is 1. The molecule has 16 heavy (non-hydrogen) atoms. The van der Waals surface area contributed by atoms with Crippen molar-refractivity contribution in [3.05, 3.63) is 35.1 Å². The second kappa shape index (κ2) is 5.18. The molecule has 0 aliphatic heterocycles. The molecule has 0 atom stereocenters. The Hall–Kier alpha value is -1.26. The van der Waals surface area contributed by atoms with Crippen molar-refractivity contribution >= 4 is 11.3 Å². The summed E-state index contributed by atoms with van der Waals surface area (Å²) in [5, 5.41) is 5.18. The molecule has 0 spiro atoms. The SMILES string of the molecule is CNCCc1nc(C)cc(-c2cccs2)n1. The molecule has 2 rings (SSSR count). The van der Waals surface area contributed by atoms with Crippen LogP contribution in [0.5, 0.6) is 0 Å². The molecule has 2 heterocycles. The first-order valence-corrected chi connectivity index (χ1v) is 6.20. The molecule has 0 amide bonds. The van der Waals surface area contributed by atoms with Crippen LogP contribution in [0.3, 0.4) is 0 Å². The summed E-state index contributed by atoms with van der Waals surface area (Å²) in [4.78, 5) is 10.2. The van der Waals surface area contributed by atoms with Crippen LogP contribution < -0.4 is 5.32 Å². The third-order valence-corrected chi connectivity index (χ3v) is 3.17. The first kappa shape index (κ1) is 11.2. The van der Waals surface area contributed by atoms with Gasteiger partial charge < -0.3 is 5.32 Å². The molecule has 0 unspecified atom stereocenters. The van der Waals surface area contributed by atoms with Crippen LogP contribution in [0.15, 0.2) is 23.6 Å². The van der Waals surface area contributed by atoms with E-state index in [1.165, 1.54) is 4.88 Å². The van der Waals surface area contributed by atoms with E-state index >= 15 is 0 Å². The van der Waals surface area contributed by atoms with E-state index in [1.807, 2.05) is 26.1 Å². The number of nitrogens with one attached hydrogen (secondary N) is 1. The molecule has 2 aromatic rings. The van der Waals surface area contributed by atoms with Crippen LogP contribution >= 0.6 is 11.3 Å². The molecular weight excluding hydrogens is 218 g/mol. The van der Waals surface area contributed by atoms with Crippen LogP contribution in [-0.4, -0.2) is 23.6 Å². The maximum Gasteiger partial charge on any atom is 0.130 e. The first-order chi connectivity index (χ1) is 7.79. The predicted molar refractivity (Wildman–Crippen MR) is 67.7 cm³/mol. The normalized spacial score (nSPS) is 10.6. The fourth-order valence-electron chi connectivity index (χ4n) is 1.53. The van der Waals surface area contributed by atoms with Crippen molar-refractivity contribution in [2.24, 2.45) is 0 Å². The Kier molecular flexibility index (Phi) is 3.64. The molecule has 0 fully saturated rings. The highest BCUT2D eigenvalue weighted by molar-refractivity contribution is 7.13. The maximum absolute atomic E-state index is 4.57.